The topological polar surface area (TPSA) is 54.4 Å². The van der Waals surface area contributed by atoms with Gasteiger partial charge in [-0.3, -0.25) is 0 Å². The summed E-state index contributed by atoms with van der Waals surface area (Å²) in [5.41, 5.74) is 0. The van der Waals surface area contributed by atoms with Crippen molar-refractivity contribution in [1.82, 2.24) is 0 Å². The van der Waals surface area contributed by atoms with E-state index in [2.05, 4.69) is 6.92 Å². The van der Waals surface area contributed by atoms with Crippen LogP contribution in [-0.4, -0.2) is 31.6 Å². The smallest absolute Gasteiger partial charge is 0.149 e. The van der Waals surface area contributed by atoms with Crippen molar-refractivity contribution < 1.29 is 13.5 Å². The molecule has 4 heteroatoms. The van der Waals surface area contributed by atoms with Crippen molar-refractivity contribution in [3.05, 3.63) is 0 Å². The molecular formula is C15H32O3S. The lowest BCUT2D eigenvalue weighted by molar-refractivity contribution is 0.183. The molecular weight excluding hydrogens is 260 g/mol. The maximum atomic E-state index is 11.0. The van der Waals surface area contributed by atoms with Gasteiger partial charge < -0.3 is 5.11 Å². The normalized spacial score (nSPS) is 13.6. The van der Waals surface area contributed by atoms with E-state index in [1.807, 2.05) is 0 Å². The zero-order valence-electron chi connectivity index (χ0n) is 12.7. The lowest BCUT2D eigenvalue weighted by Crippen LogP contribution is -2.19. The van der Waals surface area contributed by atoms with Crippen LogP contribution in [0.25, 0.3) is 0 Å². The molecule has 0 aliphatic heterocycles. The molecule has 0 heterocycles. The summed E-state index contributed by atoms with van der Waals surface area (Å²) in [7, 11) is -3.04. The van der Waals surface area contributed by atoms with Crippen LogP contribution in [0.5, 0.6) is 0 Å². The number of aliphatic hydroxyl groups is 1. The summed E-state index contributed by atoms with van der Waals surface area (Å²) in [5, 5.41) is 9.53. The van der Waals surface area contributed by atoms with Crippen LogP contribution >= 0.6 is 0 Å². The van der Waals surface area contributed by atoms with Gasteiger partial charge in [-0.05, 0) is 6.42 Å². The van der Waals surface area contributed by atoms with Crippen LogP contribution in [0.4, 0.5) is 0 Å². The highest BCUT2D eigenvalue weighted by molar-refractivity contribution is 7.90. The predicted octanol–water partition coefficient (Wildman–Crippen LogP) is 3.70. The predicted molar refractivity (Wildman–Crippen MR) is 82.2 cm³/mol. The Kier molecular flexibility index (Phi) is 11.7. The molecule has 0 aromatic carbocycles. The van der Waals surface area contributed by atoms with Crippen molar-refractivity contribution in [3.63, 3.8) is 0 Å². The average molecular weight is 292 g/mol. The summed E-state index contributed by atoms with van der Waals surface area (Å²) in [4.78, 5) is 0. The van der Waals surface area contributed by atoms with Crippen LogP contribution in [0.15, 0.2) is 0 Å². The molecule has 1 unspecified atom stereocenters. The summed E-state index contributed by atoms with van der Waals surface area (Å²) < 4.78 is 21.9. The van der Waals surface area contributed by atoms with E-state index in [1.165, 1.54) is 57.6 Å². The van der Waals surface area contributed by atoms with Gasteiger partial charge in [-0.2, -0.15) is 0 Å². The van der Waals surface area contributed by atoms with Gasteiger partial charge in [0.15, 0.2) is 0 Å². The van der Waals surface area contributed by atoms with Gasteiger partial charge >= 0.3 is 0 Å². The molecule has 0 fully saturated rings. The van der Waals surface area contributed by atoms with Crippen molar-refractivity contribution in [2.45, 2.75) is 83.7 Å². The maximum absolute atomic E-state index is 11.0. The Bertz CT molecular complexity index is 286. The summed E-state index contributed by atoms with van der Waals surface area (Å²) >= 11 is 0. The lowest BCUT2D eigenvalue weighted by atomic mass is 10.1. The minimum Gasteiger partial charge on any atom is -0.392 e. The second-order valence-corrected chi connectivity index (χ2v) is 7.90. The molecule has 0 saturated carbocycles. The van der Waals surface area contributed by atoms with Crippen LogP contribution in [0.2, 0.25) is 0 Å². The molecule has 1 N–H and O–H groups in total. The van der Waals surface area contributed by atoms with Gasteiger partial charge in [0.1, 0.15) is 9.84 Å². The minimum atomic E-state index is -3.04. The molecule has 1 atom stereocenters. The number of rotatable bonds is 13. The number of aliphatic hydroxyl groups excluding tert-OH is 1. The Morgan fingerprint density at radius 3 is 1.68 bits per heavy atom. The molecule has 0 aromatic rings. The van der Waals surface area contributed by atoms with Crippen molar-refractivity contribution in [1.29, 1.82) is 0 Å². The minimum absolute atomic E-state index is 0.0928. The molecule has 0 amide bonds. The maximum Gasteiger partial charge on any atom is 0.149 e. The highest BCUT2D eigenvalue weighted by atomic mass is 32.2. The van der Waals surface area contributed by atoms with Crippen molar-refractivity contribution in [3.8, 4) is 0 Å². The van der Waals surface area contributed by atoms with E-state index >= 15 is 0 Å². The fourth-order valence-electron chi connectivity index (χ4n) is 2.30. The van der Waals surface area contributed by atoms with Crippen molar-refractivity contribution >= 4 is 9.84 Å². The van der Waals surface area contributed by atoms with E-state index in [9.17, 15) is 13.5 Å². The van der Waals surface area contributed by atoms with E-state index in [-0.39, 0.29) is 5.75 Å². The Morgan fingerprint density at radius 1 is 0.842 bits per heavy atom. The van der Waals surface area contributed by atoms with E-state index in [1.54, 1.807) is 0 Å². The molecule has 0 aliphatic carbocycles. The lowest BCUT2D eigenvalue weighted by Gasteiger charge is -2.08. The third kappa shape index (κ3) is 15.9. The van der Waals surface area contributed by atoms with Crippen molar-refractivity contribution in [2.75, 3.05) is 12.0 Å². The first kappa shape index (κ1) is 18.9. The third-order valence-electron chi connectivity index (χ3n) is 3.39. The SMILES string of the molecule is CCCCCCCCCCCCC(O)CS(C)(=O)=O. The van der Waals surface area contributed by atoms with Gasteiger partial charge in [0.05, 0.1) is 11.9 Å². The van der Waals surface area contributed by atoms with Crippen molar-refractivity contribution in [2.24, 2.45) is 0 Å². The largest absolute Gasteiger partial charge is 0.392 e. The molecule has 116 valence electrons. The summed E-state index contributed by atoms with van der Waals surface area (Å²) in [6.45, 7) is 2.23. The van der Waals surface area contributed by atoms with E-state index in [4.69, 9.17) is 0 Å². The van der Waals surface area contributed by atoms with Gasteiger partial charge in [0.25, 0.3) is 0 Å². The zero-order chi connectivity index (χ0) is 14.6. The first-order valence-corrected chi connectivity index (χ1v) is 9.87. The van der Waals surface area contributed by atoms with Gasteiger partial charge in [0, 0.05) is 6.26 Å². The first-order chi connectivity index (χ1) is 8.95. The molecule has 19 heavy (non-hydrogen) atoms. The fourth-order valence-corrected chi connectivity index (χ4v) is 3.17. The molecule has 0 spiro atoms. The Labute approximate surface area is 119 Å². The quantitative estimate of drug-likeness (QED) is 0.527. The number of sulfone groups is 1. The second-order valence-electron chi connectivity index (χ2n) is 5.72. The van der Waals surface area contributed by atoms with Gasteiger partial charge in [-0.25, -0.2) is 8.42 Å². The van der Waals surface area contributed by atoms with Crippen LogP contribution in [0, 0.1) is 0 Å². The van der Waals surface area contributed by atoms with Gasteiger partial charge in [-0.15, -0.1) is 0 Å². The monoisotopic (exact) mass is 292 g/mol. The van der Waals surface area contributed by atoms with Crippen LogP contribution in [-0.2, 0) is 9.84 Å². The molecule has 0 aromatic heterocycles. The third-order valence-corrected chi connectivity index (χ3v) is 4.38. The van der Waals surface area contributed by atoms with E-state index < -0.39 is 15.9 Å². The van der Waals surface area contributed by atoms with E-state index in [0.29, 0.717) is 6.42 Å². The molecule has 0 saturated heterocycles. The fraction of sp³-hybridized carbons (Fsp3) is 1.00. The zero-order valence-corrected chi connectivity index (χ0v) is 13.6. The van der Waals surface area contributed by atoms with E-state index in [0.717, 1.165) is 12.8 Å². The van der Waals surface area contributed by atoms with Crippen LogP contribution < -0.4 is 0 Å². The molecule has 0 radical (unpaired) electrons. The molecule has 0 bridgehead atoms. The van der Waals surface area contributed by atoms with Crippen LogP contribution in [0.3, 0.4) is 0 Å². The Balaban J connectivity index is 3.23. The molecule has 0 aliphatic rings. The second kappa shape index (κ2) is 11.7. The standard InChI is InChI=1S/C15H32O3S/c1-3-4-5-6-7-8-9-10-11-12-13-15(16)14-19(2,17)18/h15-16H,3-14H2,1-2H3. The van der Waals surface area contributed by atoms with Gasteiger partial charge in [0.2, 0.25) is 0 Å². The average Bonchev–Trinajstić information content (AvgIpc) is 2.29. The van der Waals surface area contributed by atoms with Gasteiger partial charge in [-0.1, -0.05) is 71.1 Å². The van der Waals surface area contributed by atoms with Crippen LogP contribution in [0.1, 0.15) is 77.6 Å². The Hall–Kier alpha value is -0.0900. The highest BCUT2D eigenvalue weighted by Crippen LogP contribution is 2.12. The summed E-state index contributed by atoms with van der Waals surface area (Å²) in [6, 6.07) is 0. The molecule has 3 nitrogen and oxygen atoms in total. The Morgan fingerprint density at radius 2 is 1.26 bits per heavy atom. The number of hydrogen-bond acceptors (Lipinski definition) is 3. The summed E-state index contributed by atoms with van der Waals surface area (Å²) in [6.07, 6.45) is 13.7. The molecule has 0 rings (SSSR count). The summed E-state index contributed by atoms with van der Waals surface area (Å²) in [5.74, 6) is -0.0928. The number of unbranched alkanes of at least 4 members (excludes halogenated alkanes) is 9. The first-order valence-electron chi connectivity index (χ1n) is 7.81. The highest BCUT2D eigenvalue weighted by Gasteiger charge is 2.11. The number of hydrogen-bond donors (Lipinski definition) is 1.